The lowest BCUT2D eigenvalue weighted by Crippen LogP contribution is -2.52. The highest BCUT2D eigenvalue weighted by molar-refractivity contribution is 7.86. The first-order chi connectivity index (χ1) is 16.7. The second-order valence-corrected chi connectivity index (χ2v) is 10.0. The van der Waals surface area contributed by atoms with Crippen LogP contribution in [0.5, 0.6) is 0 Å². The molecule has 2 N–H and O–H groups in total. The van der Waals surface area contributed by atoms with Gasteiger partial charge in [0.25, 0.3) is 0 Å². The number of carbonyl (C=O) groups is 3. The van der Waals surface area contributed by atoms with E-state index in [1.807, 2.05) is 0 Å². The molecule has 3 amide bonds. The van der Waals surface area contributed by atoms with Gasteiger partial charge in [-0.25, -0.2) is 8.78 Å². The number of hydrogen-bond donors (Lipinski definition) is 2. The summed E-state index contributed by atoms with van der Waals surface area (Å²) in [4.78, 5) is 39.5. The topological polar surface area (TPSA) is 95.6 Å². The number of nitrogens with one attached hydrogen (secondary N) is 2. The van der Waals surface area contributed by atoms with Gasteiger partial charge in [0.05, 0.1) is 0 Å². The van der Waals surface area contributed by atoms with E-state index in [4.69, 9.17) is 0 Å². The number of nitrogens with zero attached hydrogens (tertiary/aromatic N) is 1. The summed E-state index contributed by atoms with van der Waals surface area (Å²) in [6.07, 6.45) is 4.92. The maximum absolute atomic E-state index is 13.5. The fourth-order valence-electron chi connectivity index (χ4n) is 4.01. The Morgan fingerprint density at radius 1 is 0.943 bits per heavy atom. The molecule has 35 heavy (non-hydrogen) atoms. The highest BCUT2D eigenvalue weighted by atomic mass is 32.2. The molecule has 1 aliphatic carbocycles. The fourth-order valence-corrected chi connectivity index (χ4v) is 4.89. The molecular formula is C25H29F2N3O4S. The molecule has 0 spiro atoms. The largest absolute Gasteiger partial charge is 0.352 e. The van der Waals surface area contributed by atoms with Crippen LogP contribution >= 0.6 is 0 Å². The van der Waals surface area contributed by atoms with E-state index in [0.717, 1.165) is 32.1 Å². The minimum Gasteiger partial charge on any atom is -0.352 e. The zero-order valence-corrected chi connectivity index (χ0v) is 20.3. The van der Waals surface area contributed by atoms with Crippen LogP contribution in [-0.2, 0) is 25.2 Å². The standard InChI is InChI=1S/C25H29F2N3O4S/c1-17(25(33)29-20-5-3-2-4-6-20)30(22-13-9-19(27)10-14-22)24(32)16-35(34)15-23(31)28-21-11-7-18(26)8-12-21/h7-14,17,20H,2-6,15-16H2,1H3,(H,28,31)(H,29,33)/t17-,35+/m0/s1. The first-order valence-corrected chi connectivity index (χ1v) is 13.0. The Balaban J connectivity index is 1.66. The van der Waals surface area contributed by atoms with Crippen LogP contribution < -0.4 is 15.5 Å². The molecule has 0 unspecified atom stereocenters. The van der Waals surface area contributed by atoms with Crippen LogP contribution in [0.4, 0.5) is 20.2 Å². The molecule has 0 radical (unpaired) electrons. The van der Waals surface area contributed by atoms with Crippen LogP contribution in [0, 0.1) is 11.6 Å². The third-order valence-electron chi connectivity index (χ3n) is 5.80. The Morgan fingerprint density at radius 3 is 2.11 bits per heavy atom. The van der Waals surface area contributed by atoms with E-state index in [1.165, 1.54) is 53.4 Å². The second-order valence-electron chi connectivity index (χ2n) is 8.54. The number of amides is 3. The highest BCUT2D eigenvalue weighted by Gasteiger charge is 2.30. The van der Waals surface area contributed by atoms with Gasteiger partial charge in [0, 0.05) is 28.2 Å². The van der Waals surface area contributed by atoms with E-state index in [9.17, 15) is 27.4 Å². The summed E-state index contributed by atoms with van der Waals surface area (Å²) in [6.45, 7) is 1.56. The van der Waals surface area contributed by atoms with Crippen molar-refractivity contribution in [2.45, 2.75) is 51.1 Å². The van der Waals surface area contributed by atoms with E-state index >= 15 is 0 Å². The summed E-state index contributed by atoms with van der Waals surface area (Å²) >= 11 is 0. The highest BCUT2D eigenvalue weighted by Crippen LogP contribution is 2.21. The SMILES string of the molecule is C[C@@H](C(=O)NC1CCCCC1)N(C(=O)C[S@](=O)CC(=O)Nc1ccc(F)cc1)c1ccc(F)cc1. The average Bonchev–Trinajstić information content (AvgIpc) is 2.82. The second kappa shape index (κ2) is 12.5. The summed E-state index contributed by atoms with van der Waals surface area (Å²) in [5.41, 5.74) is 0.621. The molecule has 1 aliphatic rings. The first-order valence-electron chi connectivity index (χ1n) is 11.5. The minimum atomic E-state index is -1.88. The number of rotatable bonds is 9. The molecule has 2 aromatic rings. The van der Waals surface area contributed by atoms with E-state index in [0.29, 0.717) is 5.69 Å². The van der Waals surface area contributed by atoms with Gasteiger partial charge < -0.3 is 10.6 Å². The number of anilines is 2. The maximum Gasteiger partial charge on any atom is 0.243 e. The van der Waals surface area contributed by atoms with Crippen molar-refractivity contribution in [3.8, 4) is 0 Å². The van der Waals surface area contributed by atoms with Crippen LogP contribution in [0.25, 0.3) is 0 Å². The lowest BCUT2D eigenvalue weighted by Gasteiger charge is -2.31. The van der Waals surface area contributed by atoms with Crippen molar-refractivity contribution >= 4 is 39.9 Å². The van der Waals surface area contributed by atoms with Crippen molar-refractivity contribution in [2.24, 2.45) is 0 Å². The monoisotopic (exact) mass is 505 g/mol. The van der Waals surface area contributed by atoms with E-state index < -0.39 is 51.8 Å². The molecule has 1 fully saturated rings. The van der Waals surface area contributed by atoms with Crippen molar-refractivity contribution in [3.63, 3.8) is 0 Å². The number of halogens is 2. The summed E-state index contributed by atoms with van der Waals surface area (Å²) < 4.78 is 39.1. The van der Waals surface area contributed by atoms with E-state index in [2.05, 4.69) is 10.6 Å². The van der Waals surface area contributed by atoms with E-state index in [1.54, 1.807) is 6.92 Å². The molecule has 0 aromatic heterocycles. The van der Waals surface area contributed by atoms with Crippen molar-refractivity contribution in [3.05, 3.63) is 60.2 Å². The molecule has 7 nitrogen and oxygen atoms in total. The Hall–Kier alpha value is -3.14. The number of benzene rings is 2. The molecule has 3 rings (SSSR count). The summed E-state index contributed by atoms with van der Waals surface area (Å²) in [7, 11) is -1.88. The lowest BCUT2D eigenvalue weighted by molar-refractivity contribution is -0.126. The molecule has 0 bridgehead atoms. The van der Waals surface area contributed by atoms with Crippen molar-refractivity contribution in [1.29, 1.82) is 0 Å². The number of hydrogen-bond acceptors (Lipinski definition) is 4. The van der Waals surface area contributed by atoms with Crippen LogP contribution in [0.15, 0.2) is 48.5 Å². The van der Waals surface area contributed by atoms with Gasteiger partial charge in [-0.2, -0.15) is 0 Å². The smallest absolute Gasteiger partial charge is 0.243 e. The first kappa shape index (κ1) is 26.5. The van der Waals surface area contributed by atoms with Crippen molar-refractivity contribution in [2.75, 3.05) is 21.7 Å². The average molecular weight is 506 g/mol. The number of carbonyl (C=O) groups excluding carboxylic acids is 3. The zero-order valence-electron chi connectivity index (χ0n) is 19.5. The molecule has 0 saturated heterocycles. The Bertz CT molecular complexity index is 1060. The van der Waals surface area contributed by atoms with Gasteiger partial charge in [-0.05, 0) is 68.3 Å². The molecule has 0 aliphatic heterocycles. The molecular weight excluding hydrogens is 476 g/mol. The summed E-state index contributed by atoms with van der Waals surface area (Å²) in [6, 6.07) is 9.29. The zero-order chi connectivity index (χ0) is 25.4. The van der Waals surface area contributed by atoms with Gasteiger partial charge in [0.1, 0.15) is 29.2 Å². The third kappa shape index (κ3) is 7.95. The maximum atomic E-state index is 13.5. The molecule has 2 atom stereocenters. The van der Waals surface area contributed by atoms with Gasteiger partial charge in [0.2, 0.25) is 17.7 Å². The van der Waals surface area contributed by atoms with Gasteiger partial charge in [-0.3, -0.25) is 23.5 Å². The molecule has 0 heterocycles. The molecule has 2 aromatic carbocycles. The summed E-state index contributed by atoms with van der Waals surface area (Å²) in [5.74, 6) is -3.50. The fraction of sp³-hybridized carbons (Fsp3) is 0.400. The third-order valence-corrected chi connectivity index (χ3v) is 6.95. The van der Waals surface area contributed by atoms with Gasteiger partial charge in [0.15, 0.2) is 0 Å². The Labute approximate surface area is 205 Å². The minimum absolute atomic E-state index is 0.0353. The van der Waals surface area contributed by atoms with E-state index in [-0.39, 0.29) is 17.6 Å². The normalized spacial score (nSPS) is 15.6. The van der Waals surface area contributed by atoms with Gasteiger partial charge in [-0.15, -0.1) is 0 Å². The van der Waals surface area contributed by atoms with Crippen LogP contribution in [0.1, 0.15) is 39.0 Å². The van der Waals surface area contributed by atoms with Crippen molar-refractivity contribution in [1.82, 2.24) is 5.32 Å². The quantitative estimate of drug-likeness (QED) is 0.545. The van der Waals surface area contributed by atoms with Gasteiger partial charge >= 0.3 is 0 Å². The molecule has 188 valence electrons. The Morgan fingerprint density at radius 2 is 1.51 bits per heavy atom. The predicted molar refractivity (Wildman–Crippen MR) is 131 cm³/mol. The molecule has 1 saturated carbocycles. The lowest BCUT2D eigenvalue weighted by atomic mass is 9.95. The van der Waals surface area contributed by atoms with Crippen LogP contribution in [-0.4, -0.2) is 45.5 Å². The van der Waals surface area contributed by atoms with Crippen LogP contribution in [0.3, 0.4) is 0 Å². The Kier molecular flexibility index (Phi) is 9.47. The molecule has 10 heteroatoms. The predicted octanol–water partition coefficient (Wildman–Crippen LogP) is 3.52. The summed E-state index contributed by atoms with van der Waals surface area (Å²) in [5, 5.41) is 5.48. The van der Waals surface area contributed by atoms with Crippen LogP contribution in [0.2, 0.25) is 0 Å². The van der Waals surface area contributed by atoms with Gasteiger partial charge in [-0.1, -0.05) is 19.3 Å². The van der Waals surface area contributed by atoms with Crippen molar-refractivity contribution < 1.29 is 27.4 Å².